The van der Waals surface area contributed by atoms with Gasteiger partial charge in [-0.25, -0.2) is 4.98 Å². The van der Waals surface area contributed by atoms with Gasteiger partial charge >= 0.3 is 0 Å². The minimum Gasteiger partial charge on any atom is -0.361 e. The summed E-state index contributed by atoms with van der Waals surface area (Å²) in [4.78, 5) is 16.3. The van der Waals surface area contributed by atoms with Crippen LogP contribution in [0.15, 0.2) is 41.5 Å². The van der Waals surface area contributed by atoms with Crippen LogP contribution < -0.4 is 16.6 Å². The van der Waals surface area contributed by atoms with Gasteiger partial charge in [0.25, 0.3) is 5.56 Å². The Morgan fingerprint density at radius 1 is 1.30 bits per heavy atom. The smallest absolute Gasteiger partial charge is 0.293 e. The molecule has 5 heteroatoms. The Hall–Kier alpha value is -2.14. The number of nitrogens with zero attached hydrogens (tertiary/aromatic N) is 2. The molecule has 0 radical (unpaired) electrons. The molecule has 0 bridgehead atoms. The maximum atomic E-state index is 12.2. The lowest BCUT2D eigenvalue weighted by Crippen LogP contribution is -2.25. The molecule has 0 fully saturated rings. The number of aromatic nitrogens is 2. The SMILES string of the molecule is CC(C)n1ccnc(NCc2ccccc2CN)c1=O. The van der Waals surface area contributed by atoms with Crippen LogP contribution in [0, 0.1) is 0 Å². The third-order valence-electron chi connectivity index (χ3n) is 3.21. The average molecular weight is 272 g/mol. The zero-order valence-electron chi connectivity index (χ0n) is 11.8. The van der Waals surface area contributed by atoms with Crippen molar-refractivity contribution >= 4 is 5.82 Å². The maximum Gasteiger partial charge on any atom is 0.293 e. The highest BCUT2D eigenvalue weighted by molar-refractivity contribution is 5.35. The van der Waals surface area contributed by atoms with Crippen molar-refractivity contribution in [2.24, 2.45) is 5.73 Å². The molecular formula is C15H20N4O. The van der Waals surface area contributed by atoms with Crippen molar-refractivity contribution < 1.29 is 0 Å². The van der Waals surface area contributed by atoms with Gasteiger partial charge in [-0.2, -0.15) is 0 Å². The van der Waals surface area contributed by atoms with Crippen molar-refractivity contribution in [2.75, 3.05) is 5.32 Å². The molecule has 0 aliphatic heterocycles. The van der Waals surface area contributed by atoms with Crippen molar-refractivity contribution in [2.45, 2.75) is 33.0 Å². The molecule has 0 unspecified atom stereocenters. The summed E-state index contributed by atoms with van der Waals surface area (Å²) in [5, 5.41) is 3.10. The van der Waals surface area contributed by atoms with Crippen LogP contribution >= 0.6 is 0 Å². The summed E-state index contributed by atoms with van der Waals surface area (Å²) in [6.07, 6.45) is 3.34. The lowest BCUT2D eigenvalue weighted by molar-refractivity contribution is 0.575. The van der Waals surface area contributed by atoms with Gasteiger partial charge in [0.2, 0.25) is 0 Å². The van der Waals surface area contributed by atoms with E-state index in [0.717, 1.165) is 11.1 Å². The Morgan fingerprint density at radius 3 is 2.65 bits per heavy atom. The standard InChI is InChI=1S/C15H20N4O/c1-11(2)19-8-7-17-14(15(19)20)18-10-13-6-4-3-5-12(13)9-16/h3-8,11H,9-10,16H2,1-2H3,(H,17,18). The predicted molar refractivity (Wildman–Crippen MR) is 80.5 cm³/mol. The molecule has 0 spiro atoms. The second kappa shape index (κ2) is 6.34. The lowest BCUT2D eigenvalue weighted by atomic mass is 10.1. The molecule has 2 rings (SSSR count). The molecule has 20 heavy (non-hydrogen) atoms. The fourth-order valence-corrected chi connectivity index (χ4v) is 2.06. The topological polar surface area (TPSA) is 72.9 Å². The first-order valence-electron chi connectivity index (χ1n) is 6.71. The number of rotatable bonds is 5. The van der Waals surface area contributed by atoms with Gasteiger partial charge in [-0.15, -0.1) is 0 Å². The number of anilines is 1. The third-order valence-corrected chi connectivity index (χ3v) is 3.21. The molecule has 3 N–H and O–H groups in total. The fourth-order valence-electron chi connectivity index (χ4n) is 2.06. The molecule has 0 aliphatic carbocycles. The van der Waals surface area contributed by atoms with E-state index < -0.39 is 0 Å². The van der Waals surface area contributed by atoms with E-state index in [1.807, 2.05) is 38.1 Å². The Labute approximate surface area is 118 Å². The number of hydrogen-bond donors (Lipinski definition) is 2. The second-order valence-corrected chi connectivity index (χ2v) is 4.91. The number of hydrogen-bond acceptors (Lipinski definition) is 4. The van der Waals surface area contributed by atoms with Crippen LogP contribution in [0.25, 0.3) is 0 Å². The Balaban J connectivity index is 2.19. The minimum atomic E-state index is -0.104. The summed E-state index contributed by atoms with van der Waals surface area (Å²) in [5.41, 5.74) is 7.75. The summed E-state index contributed by atoms with van der Waals surface area (Å²) >= 11 is 0. The van der Waals surface area contributed by atoms with Crippen LogP contribution in [-0.4, -0.2) is 9.55 Å². The molecule has 0 atom stereocenters. The molecule has 0 aliphatic rings. The first kappa shape index (κ1) is 14.3. The highest BCUT2D eigenvalue weighted by Gasteiger charge is 2.07. The Morgan fingerprint density at radius 2 is 2.00 bits per heavy atom. The summed E-state index contributed by atoms with van der Waals surface area (Å²) in [6, 6.07) is 8.02. The molecule has 1 heterocycles. The lowest BCUT2D eigenvalue weighted by Gasteiger charge is -2.12. The van der Waals surface area contributed by atoms with Crippen molar-refractivity contribution in [1.29, 1.82) is 0 Å². The van der Waals surface area contributed by atoms with Crippen LogP contribution in [0.4, 0.5) is 5.82 Å². The molecule has 5 nitrogen and oxygen atoms in total. The second-order valence-electron chi connectivity index (χ2n) is 4.91. The van der Waals surface area contributed by atoms with Crippen molar-refractivity contribution in [3.05, 3.63) is 58.1 Å². The van der Waals surface area contributed by atoms with Gasteiger partial charge in [0.1, 0.15) is 0 Å². The number of nitrogens with one attached hydrogen (secondary N) is 1. The molecule has 2 aromatic rings. The fraction of sp³-hybridized carbons (Fsp3) is 0.333. The van der Waals surface area contributed by atoms with E-state index in [-0.39, 0.29) is 11.6 Å². The van der Waals surface area contributed by atoms with Crippen LogP contribution in [0.1, 0.15) is 31.0 Å². The predicted octanol–water partition coefficient (Wildman–Crippen LogP) is 1.90. The van der Waals surface area contributed by atoms with E-state index in [2.05, 4.69) is 10.3 Å². The van der Waals surface area contributed by atoms with Gasteiger partial charge in [0.05, 0.1) is 0 Å². The third kappa shape index (κ3) is 3.05. The molecular weight excluding hydrogens is 252 g/mol. The minimum absolute atomic E-state index is 0.104. The van der Waals surface area contributed by atoms with Crippen molar-refractivity contribution in [1.82, 2.24) is 9.55 Å². The van der Waals surface area contributed by atoms with E-state index in [4.69, 9.17) is 5.73 Å². The van der Waals surface area contributed by atoms with E-state index in [1.54, 1.807) is 17.0 Å². The summed E-state index contributed by atoms with van der Waals surface area (Å²) in [5.74, 6) is 0.369. The van der Waals surface area contributed by atoms with E-state index >= 15 is 0 Å². The van der Waals surface area contributed by atoms with Gasteiger partial charge in [-0.1, -0.05) is 24.3 Å². The normalized spacial score (nSPS) is 10.8. The van der Waals surface area contributed by atoms with Crippen LogP contribution in [0.3, 0.4) is 0 Å². The van der Waals surface area contributed by atoms with Crippen molar-refractivity contribution in [3.63, 3.8) is 0 Å². The average Bonchev–Trinajstić information content (AvgIpc) is 2.46. The van der Waals surface area contributed by atoms with Gasteiger partial charge < -0.3 is 15.6 Å². The molecule has 0 saturated carbocycles. The summed E-state index contributed by atoms with van der Waals surface area (Å²) in [6.45, 7) is 4.96. The van der Waals surface area contributed by atoms with Crippen LogP contribution in [-0.2, 0) is 13.1 Å². The largest absolute Gasteiger partial charge is 0.361 e. The highest BCUT2D eigenvalue weighted by atomic mass is 16.1. The molecule has 0 amide bonds. The van der Waals surface area contributed by atoms with E-state index in [1.165, 1.54) is 0 Å². The number of benzene rings is 1. The van der Waals surface area contributed by atoms with Gasteiger partial charge in [0, 0.05) is 31.5 Å². The van der Waals surface area contributed by atoms with E-state index in [9.17, 15) is 4.79 Å². The van der Waals surface area contributed by atoms with Gasteiger partial charge in [-0.05, 0) is 25.0 Å². The molecule has 1 aromatic carbocycles. The Kier molecular flexibility index (Phi) is 4.53. The zero-order chi connectivity index (χ0) is 14.5. The zero-order valence-corrected chi connectivity index (χ0v) is 11.8. The van der Waals surface area contributed by atoms with E-state index in [0.29, 0.717) is 18.9 Å². The monoisotopic (exact) mass is 272 g/mol. The van der Waals surface area contributed by atoms with Crippen LogP contribution in [0.2, 0.25) is 0 Å². The summed E-state index contributed by atoms with van der Waals surface area (Å²) in [7, 11) is 0. The first-order chi connectivity index (χ1) is 9.63. The molecule has 106 valence electrons. The first-order valence-corrected chi connectivity index (χ1v) is 6.71. The van der Waals surface area contributed by atoms with Crippen LogP contribution in [0.5, 0.6) is 0 Å². The van der Waals surface area contributed by atoms with Crippen molar-refractivity contribution in [3.8, 4) is 0 Å². The quantitative estimate of drug-likeness (QED) is 0.872. The highest BCUT2D eigenvalue weighted by Crippen LogP contribution is 2.09. The Bertz CT molecular complexity index is 634. The number of nitrogens with two attached hydrogens (primary N) is 1. The van der Waals surface area contributed by atoms with Gasteiger partial charge in [0.15, 0.2) is 5.82 Å². The maximum absolute atomic E-state index is 12.2. The summed E-state index contributed by atoms with van der Waals surface area (Å²) < 4.78 is 1.66. The van der Waals surface area contributed by atoms with Gasteiger partial charge in [-0.3, -0.25) is 4.79 Å². The molecule has 0 saturated heterocycles. The molecule has 1 aromatic heterocycles.